The Labute approximate surface area is 88.9 Å². The lowest BCUT2D eigenvalue weighted by Gasteiger charge is -2.17. The van der Waals surface area contributed by atoms with Gasteiger partial charge in [-0.25, -0.2) is 0 Å². The van der Waals surface area contributed by atoms with Crippen molar-refractivity contribution in [3.8, 4) is 0 Å². The monoisotopic (exact) mass is 196 g/mol. The molecule has 0 aromatic carbocycles. The predicted molar refractivity (Wildman–Crippen MR) is 63.5 cm³/mol. The summed E-state index contributed by atoms with van der Waals surface area (Å²) < 4.78 is 5.16. The molecule has 0 aliphatic heterocycles. The van der Waals surface area contributed by atoms with E-state index in [1.807, 2.05) is 13.8 Å². The Morgan fingerprint density at radius 1 is 1.29 bits per heavy atom. The van der Waals surface area contributed by atoms with Gasteiger partial charge in [0.1, 0.15) is 0 Å². The minimum atomic E-state index is 0.778. The van der Waals surface area contributed by atoms with Crippen LogP contribution in [0.4, 0.5) is 0 Å². The second-order valence-electron chi connectivity index (χ2n) is 3.41. The van der Waals surface area contributed by atoms with Crippen LogP contribution in [0, 0.1) is 0 Å². The molecule has 0 atom stereocenters. The van der Waals surface area contributed by atoms with E-state index in [9.17, 15) is 0 Å². The minimum absolute atomic E-state index is 0.778. The molecular weight excluding hydrogens is 172 g/mol. The van der Waals surface area contributed by atoms with Gasteiger partial charge in [-0.1, -0.05) is 38.0 Å². The number of hydrogen-bond acceptors (Lipinski definition) is 1. The summed E-state index contributed by atoms with van der Waals surface area (Å²) in [4.78, 5) is 0. The van der Waals surface area contributed by atoms with Crippen LogP contribution in [0.25, 0.3) is 0 Å². The Morgan fingerprint density at radius 3 is 2.43 bits per heavy atom. The van der Waals surface area contributed by atoms with Crippen LogP contribution in [-0.4, -0.2) is 13.7 Å². The van der Waals surface area contributed by atoms with E-state index in [0.717, 1.165) is 6.61 Å². The van der Waals surface area contributed by atoms with Gasteiger partial charge in [0.05, 0.1) is 6.61 Å². The number of hydrogen-bond donors (Lipinski definition) is 0. The molecule has 1 aliphatic carbocycles. The van der Waals surface area contributed by atoms with Crippen molar-refractivity contribution >= 4 is 0 Å². The van der Waals surface area contributed by atoms with Gasteiger partial charge in [0, 0.05) is 7.11 Å². The van der Waals surface area contributed by atoms with E-state index in [1.54, 1.807) is 12.7 Å². The molecule has 0 aromatic heterocycles. The quantitative estimate of drug-likeness (QED) is 0.660. The zero-order chi connectivity index (χ0) is 11.0. The summed E-state index contributed by atoms with van der Waals surface area (Å²) in [6, 6.07) is 0. The van der Waals surface area contributed by atoms with Crippen molar-refractivity contribution in [2.45, 2.75) is 47.0 Å². The molecule has 0 radical (unpaired) electrons. The van der Waals surface area contributed by atoms with Crippen LogP contribution in [0.3, 0.4) is 0 Å². The molecule has 14 heavy (non-hydrogen) atoms. The molecule has 1 aliphatic rings. The van der Waals surface area contributed by atoms with Gasteiger partial charge in [-0.2, -0.15) is 0 Å². The highest BCUT2D eigenvalue weighted by Gasteiger charge is 2.08. The summed E-state index contributed by atoms with van der Waals surface area (Å²) >= 11 is 0. The fourth-order valence-electron chi connectivity index (χ4n) is 1.68. The maximum Gasteiger partial charge on any atom is 0.0712 e. The highest BCUT2D eigenvalue weighted by Crippen LogP contribution is 2.25. The van der Waals surface area contributed by atoms with Gasteiger partial charge >= 0.3 is 0 Å². The average molecular weight is 196 g/mol. The predicted octanol–water partition coefficient (Wildman–Crippen LogP) is 4.11. The lowest BCUT2D eigenvalue weighted by Crippen LogP contribution is -2.02. The molecule has 0 amide bonds. The van der Waals surface area contributed by atoms with Gasteiger partial charge in [-0.05, 0) is 31.8 Å². The van der Waals surface area contributed by atoms with Gasteiger partial charge in [0.2, 0.25) is 0 Å². The van der Waals surface area contributed by atoms with E-state index in [4.69, 9.17) is 4.74 Å². The number of methoxy groups -OCH3 is 1. The van der Waals surface area contributed by atoms with Crippen LogP contribution in [0.15, 0.2) is 22.8 Å². The Hall–Kier alpha value is -0.560. The SMILES string of the molecule is CC.CCC1=C(COC)C=C(C)CC1. The van der Waals surface area contributed by atoms with Crippen molar-refractivity contribution < 1.29 is 4.74 Å². The van der Waals surface area contributed by atoms with E-state index in [0.29, 0.717) is 0 Å². The van der Waals surface area contributed by atoms with Gasteiger partial charge in [0.25, 0.3) is 0 Å². The second-order valence-corrected chi connectivity index (χ2v) is 3.41. The largest absolute Gasteiger partial charge is 0.380 e. The molecule has 1 nitrogen and oxygen atoms in total. The summed E-state index contributed by atoms with van der Waals surface area (Å²) in [5, 5.41) is 0. The van der Waals surface area contributed by atoms with Crippen LogP contribution in [0.5, 0.6) is 0 Å². The smallest absolute Gasteiger partial charge is 0.0712 e. The second kappa shape index (κ2) is 7.81. The highest BCUT2D eigenvalue weighted by molar-refractivity contribution is 5.33. The number of allylic oxidation sites excluding steroid dienone is 2. The zero-order valence-corrected chi connectivity index (χ0v) is 10.3. The average Bonchev–Trinajstić information content (AvgIpc) is 2.22. The number of ether oxygens (including phenoxy) is 1. The molecule has 0 heterocycles. The lowest BCUT2D eigenvalue weighted by atomic mass is 9.92. The molecule has 82 valence electrons. The molecule has 0 unspecified atom stereocenters. The fraction of sp³-hybridized carbons (Fsp3) is 0.692. The third-order valence-electron chi connectivity index (χ3n) is 2.42. The topological polar surface area (TPSA) is 9.23 Å². The van der Waals surface area contributed by atoms with Gasteiger partial charge in [-0.15, -0.1) is 0 Å². The minimum Gasteiger partial charge on any atom is -0.380 e. The van der Waals surface area contributed by atoms with E-state index in [2.05, 4.69) is 19.9 Å². The molecule has 0 fully saturated rings. The summed E-state index contributed by atoms with van der Waals surface area (Å²) in [6.45, 7) is 9.20. The molecule has 1 rings (SSSR count). The molecule has 1 heteroatoms. The van der Waals surface area contributed by atoms with Crippen molar-refractivity contribution in [1.82, 2.24) is 0 Å². The summed E-state index contributed by atoms with van der Waals surface area (Å²) in [5.74, 6) is 0. The molecule has 0 saturated carbocycles. The summed E-state index contributed by atoms with van der Waals surface area (Å²) in [5.41, 5.74) is 4.46. The van der Waals surface area contributed by atoms with Gasteiger partial charge < -0.3 is 4.74 Å². The molecular formula is C13H24O. The number of rotatable bonds is 3. The first-order chi connectivity index (χ1) is 6.77. The van der Waals surface area contributed by atoms with Gasteiger partial charge in [0.15, 0.2) is 0 Å². The first-order valence-corrected chi connectivity index (χ1v) is 5.65. The van der Waals surface area contributed by atoms with Crippen molar-refractivity contribution in [2.75, 3.05) is 13.7 Å². The standard InChI is InChI=1S/C11H18O.C2H6/c1-4-10-6-5-9(2)7-11(10)8-12-3;1-2/h7H,4-6,8H2,1-3H3;1-2H3. The van der Waals surface area contributed by atoms with Crippen LogP contribution in [0.1, 0.15) is 47.0 Å². The lowest BCUT2D eigenvalue weighted by molar-refractivity contribution is 0.226. The first-order valence-electron chi connectivity index (χ1n) is 5.65. The first kappa shape index (κ1) is 13.4. The molecule has 0 bridgehead atoms. The third-order valence-corrected chi connectivity index (χ3v) is 2.42. The van der Waals surface area contributed by atoms with Crippen molar-refractivity contribution in [3.05, 3.63) is 22.8 Å². The normalized spacial score (nSPS) is 15.9. The van der Waals surface area contributed by atoms with E-state index < -0.39 is 0 Å². The van der Waals surface area contributed by atoms with Crippen molar-refractivity contribution in [3.63, 3.8) is 0 Å². The molecule has 0 spiro atoms. The Balaban J connectivity index is 0.000000791. The van der Waals surface area contributed by atoms with Crippen LogP contribution in [-0.2, 0) is 4.74 Å². The Bertz CT molecular complexity index is 211. The van der Waals surface area contributed by atoms with Crippen LogP contribution >= 0.6 is 0 Å². The summed E-state index contributed by atoms with van der Waals surface area (Å²) in [7, 11) is 1.76. The zero-order valence-electron chi connectivity index (χ0n) is 10.3. The van der Waals surface area contributed by atoms with E-state index in [-0.39, 0.29) is 0 Å². The highest BCUT2D eigenvalue weighted by atomic mass is 16.5. The maximum atomic E-state index is 5.16. The third kappa shape index (κ3) is 4.10. The van der Waals surface area contributed by atoms with E-state index >= 15 is 0 Å². The molecule has 0 aromatic rings. The summed E-state index contributed by atoms with van der Waals surface area (Å²) in [6.07, 6.45) is 5.92. The van der Waals surface area contributed by atoms with Crippen LogP contribution in [0.2, 0.25) is 0 Å². The molecule has 0 N–H and O–H groups in total. The Kier molecular flexibility index (Phi) is 7.50. The van der Waals surface area contributed by atoms with Crippen LogP contribution < -0.4 is 0 Å². The van der Waals surface area contributed by atoms with E-state index in [1.165, 1.54) is 30.4 Å². The molecule has 0 saturated heterocycles. The Morgan fingerprint density at radius 2 is 1.93 bits per heavy atom. The van der Waals surface area contributed by atoms with Crippen molar-refractivity contribution in [1.29, 1.82) is 0 Å². The maximum absolute atomic E-state index is 5.16. The van der Waals surface area contributed by atoms with Crippen molar-refractivity contribution in [2.24, 2.45) is 0 Å². The van der Waals surface area contributed by atoms with Gasteiger partial charge in [-0.3, -0.25) is 0 Å². The fourth-order valence-corrected chi connectivity index (χ4v) is 1.68.